The molecule has 0 bridgehead atoms. The molecule has 1 heterocycles. The smallest absolute Gasteiger partial charge is 0.338 e. The lowest BCUT2D eigenvalue weighted by atomic mass is 9.82. The van der Waals surface area contributed by atoms with Crippen LogP contribution in [0.25, 0.3) is 6.08 Å². The Balaban J connectivity index is 1.80. The molecule has 0 N–H and O–H groups in total. The van der Waals surface area contributed by atoms with Gasteiger partial charge in [-0.3, -0.25) is 14.9 Å². The van der Waals surface area contributed by atoms with Gasteiger partial charge in [0.15, 0.2) is 0 Å². The molecule has 1 aliphatic rings. The molecule has 1 fully saturated rings. The van der Waals surface area contributed by atoms with Crippen LogP contribution in [-0.2, 0) is 19.0 Å². The van der Waals surface area contributed by atoms with Gasteiger partial charge >= 0.3 is 5.97 Å². The van der Waals surface area contributed by atoms with Crippen molar-refractivity contribution in [3.05, 3.63) is 88.0 Å². The summed E-state index contributed by atoms with van der Waals surface area (Å²) in [5, 5.41) is 10.9. The normalized spacial score (nSPS) is 18.0. The van der Waals surface area contributed by atoms with Crippen LogP contribution >= 0.6 is 0 Å². The first-order chi connectivity index (χ1) is 21.3. The summed E-state index contributed by atoms with van der Waals surface area (Å²) in [7, 11) is 3.25. The zero-order valence-electron chi connectivity index (χ0n) is 27.2. The van der Waals surface area contributed by atoms with Gasteiger partial charge in [-0.1, -0.05) is 36.4 Å². The maximum atomic E-state index is 14.4. The molecule has 244 valence electrons. The molecule has 3 rings (SSSR count). The van der Waals surface area contributed by atoms with Crippen molar-refractivity contribution in [2.75, 3.05) is 34.0 Å². The number of hydrogen-bond donors (Lipinski definition) is 0. The minimum Gasteiger partial charge on any atom is -0.497 e. The molecule has 4 atom stereocenters. The number of esters is 1. The summed E-state index contributed by atoms with van der Waals surface area (Å²) >= 11 is 0. The van der Waals surface area contributed by atoms with Crippen LogP contribution in [-0.4, -0.2) is 73.4 Å². The first-order valence-electron chi connectivity index (χ1n) is 15.2. The zero-order chi connectivity index (χ0) is 33.1. The Bertz CT molecular complexity index is 1350. The van der Waals surface area contributed by atoms with E-state index in [1.165, 1.54) is 24.3 Å². The number of hydrogen-bond acceptors (Lipinski definition) is 8. The first-order valence-corrected chi connectivity index (χ1v) is 15.2. The second-order valence-electron chi connectivity index (χ2n) is 12.4. The second kappa shape index (κ2) is 16.3. The number of amides is 1. The number of ether oxygens (including phenoxy) is 4. The van der Waals surface area contributed by atoms with Gasteiger partial charge in [0.1, 0.15) is 5.75 Å². The van der Waals surface area contributed by atoms with Gasteiger partial charge in [0.05, 0.1) is 54.5 Å². The summed E-state index contributed by atoms with van der Waals surface area (Å²) < 4.78 is 22.6. The fraction of sp³-hybridized carbons (Fsp3) is 0.486. The molecule has 2 aromatic rings. The summed E-state index contributed by atoms with van der Waals surface area (Å²) in [4.78, 5) is 39.2. The van der Waals surface area contributed by atoms with Crippen molar-refractivity contribution in [3.63, 3.8) is 0 Å². The van der Waals surface area contributed by atoms with Crippen molar-refractivity contribution >= 4 is 23.6 Å². The van der Waals surface area contributed by atoms with E-state index < -0.39 is 16.8 Å². The lowest BCUT2D eigenvalue weighted by Gasteiger charge is -2.32. The van der Waals surface area contributed by atoms with Gasteiger partial charge in [-0.05, 0) is 82.7 Å². The molecule has 2 aromatic carbocycles. The van der Waals surface area contributed by atoms with E-state index in [4.69, 9.17) is 18.9 Å². The highest BCUT2D eigenvalue weighted by molar-refractivity contribution is 5.89. The highest BCUT2D eigenvalue weighted by Gasteiger charge is 2.41. The topological polar surface area (TPSA) is 117 Å². The number of non-ortho nitro benzene ring substituents is 1. The predicted molar refractivity (Wildman–Crippen MR) is 173 cm³/mol. The Labute approximate surface area is 266 Å². The van der Waals surface area contributed by atoms with Gasteiger partial charge in [-0.15, -0.1) is 0 Å². The number of nitro groups is 1. The van der Waals surface area contributed by atoms with Crippen molar-refractivity contribution < 1.29 is 33.5 Å². The van der Waals surface area contributed by atoms with Crippen LogP contribution in [0, 0.1) is 22.0 Å². The summed E-state index contributed by atoms with van der Waals surface area (Å²) in [5.74, 6) is -0.651. The number of carbonyl (C=O) groups is 2. The van der Waals surface area contributed by atoms with E-state index in [-0.39, 0.29) is 47.4 Å². The summed E-state index contributed by atoms with van der Waals surface area (Å²) in [6.07, 6.45) is 5.47. The standard InChI is InChI=1S/C35H46N2O8/c1-24(2)31(12-9-19-44-34(39)26-14-16-27(17-15-26)37(40)41)32(18-13-25-10-8-11-29(20-25)43-7)33(38)36-22-30(45-35(3,4)5)21-28(36)23-42-6/h8,10-11,13-18,20,28,30-32H,1,9,12,19,21-23H2,2-7H3/b18-13+/t28-,30+,31+,32-/m0/s1. The minimum absolute atomic E-state index is 0.0351. The molecule has 45 heavy (non-hydrogen) atoms. The maximum absolute atomic E-state index is 14.4. The third-order valence-electron chi connectivity index (χ3n) is 7.69. The van der Waals surface area contributed by atoms with Gasteiger partial charge in [0.2, 0.25) is 5.91 Å². The van der Waals surface area contributed by atoms with E-state index in [9.17, 15) is 19.7 Å². The van der Waals surface area contributed by atoms with Gasteiger partial charge in [-0.25, -0.2) is 4.79 Å². The molecule has 1 aliphatic heterocycles. The van der Waals surface area contributed by atoms with Crippen LogP contribution in [0.1, 0.15) is 62.9 Å². The van der Waals surface area contributed by atoms with E-state index in [1.807, 2.05) is 69.0 Å². The number of nitro benzene ring substituents is 1. The minimum atomic E-state index is -0.563. The molecule has 0 aromatic heterocycles. The highest BCUT2D eigenvalue weighted by atomic mass is 16.6. The molecule has 0 radical (unpaired) electrons. The van der Waals surface area contributed by atoms with Crippen molar-refractivity contribution in [3.8, 4) is 5.75 Å². The molecule has 0 unspecified atom stereocenters. The van der Waals surface area contributed by atoms with Gasteiger partial charge in [0, 0.05) is 25.8 Å². The Morgan fingerprint density at radius 2 is 1.87 bits per heavy atom. The largest absolute Gasteiger partial charge is 0.497 e. The Morgan fingerprint density at radius 3 is 2.47 bits per heavy atom. The lowest BCUT2D eigenvalue weighted by Crippen LogP contribution is -2.44. The Hall–Kier alpha value is -4.02. The quantitative estimate of drug-likeness (QED) is 0.0727. The van der Waals surface area contributed by atoms with Crippen molar-refractivity contribution in [1.29, 1.82) is 0 Å². The molecule has 0 aliphatic carbocycles. The number of allylic oxidation sites excluding steroid dienone is 1. The number of nitrogens with zero attached hydrogens (tertiary/aromatic N) is 2. The third kappa shape index (κ3) is 10.5. The van der Waals surface area contributed by atoms with Crippen molar-refractivity contribution in [1.82, 2.24) is 4.90 Å². The third-order valence-corrected chi connectivity index (χ3v) is 7.69. The average Bonchev–Trinajstić information content (AvgIpc) is 3.38. The zero-order valence-corrected chi connectivity index (χ0v) is 27.2. The van der Waals surface area contributed by atoms with E-state index in [2.05, 4.69) is 6.58 Å². The predicted octanol–water partition coefficient (Wildman–Crippen LogP) is 6.49. The number of benzene rings is 2. The maximum Gasteiger partial charge on any atom is 0.338 e. The van der Waals surface area contributed by atoms with E-state index in [1.54, 1.807) is 14.2 Å². The molecule has 0 saturated carbocycles. The van der Waals surface area contributed by atoms with Crippen LogP contribution in [0.3, 0.4) is 0 Å². The molecule has 10 nitrogen and oxygen atoms in total. The number of methoxy groups -OCH3 is 2. The molecular formula is C35H46N2O8. The average molecular weight is 623 g/mol. The molecule has 10 heteroatoms. The van der Waals surface area contributed by atoms with Gasteiger partial charge in [0.25, 0.3) is 5.69 Å². The van der Waals surface area contributed by atoms with Crippen molar-refractivity contribution in [2.24, 2.45) is 11.8 Å². The highest BCUT2D eigenvalue weighted by Crippen LogP contribution is 2.33. The lowest BCUT2D eigenvalue weighted by molar-refractivity contribution is -0.384. The molecule has 1 amide bonds. The monoisotopic (exact) mass is 622 g/mol. The van der Waals surface area contributed by atoms with Gasteiger partial charge in [-0.2, -0.15) is 0 Å². The second-order valence-corrected chi connectivity index (χ2v) is 12.4. The Morgan fingerprint density at radius 1 is 1.16 bits per heavy atom. The van der Waals surface area contributed by atoms with Crippen LogP contribution in [0.15, 0.2) is 66.8 Å². The number of carbonyl (C=O) groups excluding carboxylic acids is 2. The molecular weight excluding hydrogens is 576 g/mol. The fourth-order valence-corrected chi connectivity index (χ4v) is 5.62. The van der Waals surface area contributed by atoms with Crippen LogP contribution < -0.4 is 4.74 Å². The number of rotatable bonds is 15. The van der Waals surface area contributed by atoms with Crippen LogP contribution in [0.5, 0.6) is 5.75 Å². The van der Waals surface area contributed by atoms with E-state index in [0.29, 0.717) is 38.2 Å². The van der Waals surface area contributed by atoms with Crippen molar-refractivity contribution in [2.45, 2.75) is 64.7 Å². The van der Waals surface area contributed by atoms with Gasteiger partial charge < -0.3 is 23.8 Å². The van der Waals surface area contributed by atoms with Crippen LogP contribution in [0.4, 0.5) is 5.69 Å². The molecule has 1 saturated heterocycles. The summed E-state index contributed by atoms with van der Waals surface area (Å²) in [5.41, 5.74) is 1.52. The van der Waals surface area contributed by atoms with E-state index >= 15 is 0 Å². The van der Waals surface area contributed by atoms with E-state index in [0.717, 1.165) is 11.1 Å². The summed E-state index contributed by atoms with van der Waals surface area (Å²) in [6.45, 7) is 13.2. The van der Waals surface area contributed by atoms with Crippen LogP contribution in [0.2, 0.25) is 0 Å². The molecule has 0 spiro atoms. The first kappa shape index (κ1) is 35.5. The SMILES string of the molecule is C=C(C)[C@@H](CCCOC(=O)c1ccc([N+](=O)[O-])cc1)[C@H](/C=C/c1cccc(OC)c1)C(=O)N1C[C@H](OC(C)(C)C)C[C@H]1COC. The fourth-order valence-electron chi connectivity index (χ4n) is 5.62. The summed E-state index contributed by atoms with van der Waals surface area (Å²) in [6, 6.07) is 12.8. The number of likely N-dealkylation sites (tertiary alicyclic amines) is 1. The Kier molecular flexibility index (Phi) is 12.9.